The maximum absolute atomic E-state index is 10.9. The van der Waals surface area contributed by atoms with Crippen LogP contribution in [-0.4, -0.2) is 63.2 Å². The van der Waals surface area contributed by atoms with Crippen LogP contribution in [0.15, 0.2) is 0 Å². The summed E-state index contributed by atoms with van der Waals surface area (Å²) in [4.78, 5) is 0. The molecule has 0 amide bonds. The third-order valence-corrected chi connectivity index (χ3v) is 2.52. The van der Waals surface area contributed by atoms with Crippen molar-refractivity contribution < 1.29 is 32.3 Å². The Morgan fingerprint density at radius 1 is 1.40 bits per heavy atom. The highest BCUT2D eigenvalue weighted by molar-refractivity contribution is 7.86. The first-order chi connectivity index (χ1) is 6.85. The van der Waals surface area contributed by atoms with Crippen LogP contribution in [0.5, 0.6) is 0 Å². The van der Waals surface area contributed by atoms with Crippen LogP contribution in [0.1, 0.15) is 0 Å². The largest absolute Gasteiger partial charge is 0.388 e. The van der Waals surface area contributed by atoms with E-state index in [-0.39, 0.29) is 6.61 Å². The van der Waals surface area contributed by atoms with Crippen molar-refractivity contribution in [1.29, 1.82) is 0 Å². The Hall–Kier alpha value is -0.250. The molecule has 0 radical (unpaired) electrons. The maximum Gasteiger partial charge on any atom is 0.264 e. The lowest BCUT2D eigenvalue weighted by molar-refractivity contribution is -0.253. The van der Waals surface area contributed by atoms with Crippen molar-refractivity contribution >= 4 is 10.1 Å². The number of hydrogen-bond donors (Lipinski definition) is 2. The van der Waals surface area contributed by atoms with Gasteiger partial charge in [-0.2, -0.15) is 8.42 Å². The lowest BCUT2D eigenvalue weighted by Crippen LogP contribution is -2.55. The summed E-state index contributed by atoms with van der Waals surface area (Å²) in [6, 6.07) is 0. The van der Waals surface area contributed by atoms with Gasteiger partial charge in [0.1, 0.15) is 12.2 Å². The number of hydrogen-bond acceptors (Lipinski definition) is 7. The minimum atomic E-state index is -3.75. The second-order valence-corrected chi connectivity index (χ2v) is 4.86. The van der Waals surface area contributed by atoms with Gasteiger partial charge in [-0.25, -0.2) is 0 Å². The monoisotopic (exact) mass is 242 g/mol. The summed E-state index contributed by atoms with van der Waals surface area (Å²) in [5, 5.41) is 18.8. The summed E-state index contributed by atoms with van der Waals surface area (Å²) in [6.45, 7) is -0.136. The van der Waals surface area contributed by atoms with Crippen molar-refractivity contribution in [2.45, 2.75) is 24.6 Å². The zero-order valence-electron chi connectivity index (χ0n) is 8.36. The molecule has 0 aromatic heterocycles. The second kappa shape index (κ2) is 4.73. The van der Waals surface area contributed by atoms with Gasteiger partial charge in [0.2, 0.25) is 0 Å². The Bertz CT molecular complexity index is 298. The fourth-order valence-corrected chi connectivity index (χ4v) is 1.88. The fourth-order valence-electron chi connectivity index (χ4n) is 1.27. The first kappa shape index (κ1) is 12.8. The third-order valence-electron chi connectivity index (χ3n) is 1.95. The van der Waals surface area contributed by atoms with Gasteiger partial charge in [-0.1, -0.05) is 0 Å². The van der Waals surface area contributed by atoms with Crippen molar-refractivity contribution in [2.24, 2.45) is 0 Å². The SMILES string of the molecule is CO[C@@H]1OC[C@@H](O)[C@@H](O)[C@H]1OS(C)(=O)=O. The molecule has 4 atom stereocenters. The molecule has 90 valence electrons. The summed E-state index contributed by atoms with van der Waals surface area (Å²) in [5.74, 6) is 0. The maximum atomic E-state index is 10.9. The quantitative estimate of drug-likeness (QED) is 0.555. The van der Waals surface area contributed by atoms with Crippen LogP contribution in [0.3, 0.4) is 0 Å². The molecule has 0 unspecified atom stereocenters. The van der Waals surface area contributed by atoms with Crippen LogP contribution in [0.4, 0.5) is 0 Å². The van der Waals surface area contributed by atoms with Crippen LogP contribution in [0.25, 0.3) is 0 Å². The molecule has 1 fully saturated rings. The van der Waals surface area contributed by atoms with Crippen LogP contribution >= 0.6 is 0 Å². The predicted molar refractivity (Wildman–Crippen MR) is 48.5 cm³/mol. The number of rotatable bonds is 3. The van der Waals surface area contributed by atoms with Crippen molar-refractivity contribution in [3.8, 4) is 0 Å². The third kappa shape index (κ3) is 3.37. The van der Waals surface area contributed by atoms with E-state index >= 15 is 0 Å². The van der Waals surface area contributed by atoms with Gasteiger partial charge in [0, 0.05) is 7.11 Å². The van der Waals surface area contributed by atoms with Crippen molar-refractivity contribution in [3.05, 3.63) is 0 Å². The van der Waals surface area contributed by atoms with E-state index in [1.165, 1.54) is 7.11 Å². The Morgan fingerprint density at radius 3 is 2.47 bits per heavy atom. The molecule has 1 saturated heterocycles. The summed E-state index contributed by atoms with van der Waals surface area (Å²) in [6.07, 6.45) is -3.98. The van der Waals surface area contributed by atoms with E-state index < -0.39 is 34.7 Å². The molecule has 1 aliphatic heterocycles. The van der Waals surface area contributed by atoms with E-state index in [4.69, 9.17) is 9.47 Å². The fraction of sp³-hybridized carbons (Fsp3) is 1.00. The van der Waals surface area contributed by atoms with Crippen molar-refractivity contribution in [3.63, 3.8) is 0 Å². The molecular formula is C7H14O7S. The lowest BCUT2D eigenvalue weighted by atomic mass is 10.1. The predicted octanol–water partition coefficient (Wildman–Crippen LogP) is -1.94. The first-order valence-electron chi connectivity index (χ1n) is 4.24. The van der Waals surface area contributed by atoms with E-state index in [2.05, 4.69) is 4.18 Å². The molecular weight excluding hydrogens is 228 g/mol. The number of methoxy groups -OCH3 is 1. The van der Waals surface area contributed by atoms with Crippen molar-refractivity contribution in [2.75, 3.05) is 20.0 Å². The number of aliphatic hydroxyl groups excluding tert-OH is 2. The van der Waals surface area contributed by atoms with Gasteiger partial charge in [-0.05, 0) is 0 Å². The van der Waals surface area contributed by atoms with Gasteiger partial charge in [0.05, 0.1) is 12.9 Å². The Morgan fingerprint density at radius 2 is 2.00 bits per heavy atom. The van der Waals surface area contributed by atoms with Crippen LogP contribution < -0.4 is 0 Å². The molecule has 15 heavy (non-hydrogen) atoms. The molecule has 7 nitrogen and oxygen atoms in total. The van der Waals surface area contributed by atoms with E-state index in [1.54, 1.807) is 0 Å². The molecule has 2 N–H and O–H groups in total. The summed E-state index contributed by atoms with van der Waals surface area (Å²) in [7, 11) is -2.47. The van der Waals surface area contributed by atoms with E-state index in [9.17, 15) is 18.6 Å². The second-order valence-electron chi connectivity index (χ2n) is 3.26. The van der Waals surface area contributed by atoms with E-state index in [0.29, 0.717) is 0 Å². The molecule has 0 spiro atoms. The molecule has 0 bridgehead atoms. The molecule has 8 heteroatoms. The van der Waals surface area contributed by atoms with Gasteiger partial charge in [-0.3, -0.25) is 4.18 Å². The summed E-state index contributed by atoms with van der Waals surface area (Å²) >= 11 is 0. The number of ether oxygens (including phenoxy) is 2. The van der Waals surface area contributed by atoms with E-state index in [1.807, 2.05) is 0 Å². The molecule has 0 aromatic rings. The van der Waals surface area contributed by atoms with Gasteiger partial charge >= 0.3 is 0 Å². The van der Waals surface area contributed by atoms with Gasteiger partial charge in [0.15, 0.2) is 12.4 Å². The normalized spacial score (nSPS) is 37.9. The molecule has 0 aromatic carbocycles. The molecule has 1 heterocycles. The minimum Gasteiger partial charge on any atom is -0.388 e. The minimum absolute atomic E-state index is 0.136. The zero-order chi connectivity index (χ0) is 11.6. The average Bonchev–Trinajstić information content (AvgIpc) is 2.11. The van der Waals surface area contributed by atoms with Crippen LogP contribution in [0, 0.1) is 0 Å². The topological polar surface area (TPSA) is 102 Å². The zero-order valence-corrected chi connectivity index (χ0v) is 9.18. The van der Waals surface area contributed by atoms with Crippen LogP contribution in [0.2, 0.25) is 0 Å². The molecule has 1 aliphatic rings. The summed E-state index contributed by atoms with van der Waals surface area (Å²) in [5.41, 5.74) is 0. The highest BCUT2D eigenvalue weighted by atomic mass is 32.2. The van der Waals surface area contributed by atoms with Gasteiger partial charge in [-0.15, -0.1) is 0 Å². The van der Waals surface area contributed by atoms with Crippen LogP contribution in [-0.2, 0) is 23.8 Å². The molecule has 0 aliphatic carbocycles. The Kier molecular flexibility index (Phi) is 4.04. The van der Waals surface area contributed by atoms with Crippen molar-refractivity contribution in [1.82, 2.24) is 0 Å². The highest BCUT2D eigenvalue weighted by Gasteiger charge is 2.41. The lowest BCUT2D eigenvalue weighted by Gasteiger charge is -2.36. The van der Waals surface area contributed by atoms with Gasteiger partial charge in [0.25, 0.3) is 10.1 Å². The van der Waals surface area contributed by atoms with E-state index in [0.717, 1.165) is 6.26 Å². The smallest absolute Gasteiger partial charge is 0.264 e. The highest BCUT2D eigenvalue weighted by Crippen LogP contribution is 2.20. The standard InChI is InChI=1S/C7H14O7S/c1-12-7-6(14-15(2,10)11)5(9)4(8)3-13-7/h4-9H,3H2,1-2H3/t4-,5-,6-,7-/m1/s1. The first-order valence-corrected chi connectivity index (χ1v) is 6.05. The average molecular weight is 242 g/mol. The molecule has 1 rings (SSSR count). The molecule has 0 saturated carbocycles. The van der Waals surface area contributed by atoms with Gasteiger partial charge < -0.3 is 19.7 Å². The Balaban J connectivity index is 2.78. The Labute approximate surface area is 87.7 Å². The summed E-state index contributed by atoms with van der Waals surface area (Å²) < 4.78 is 36.1. The number of aliphatic hydroxyl groups is 2.